The summed E-state index contributed by atoms with van der Waals surface area (Å²) in [5.41, 5.74) is 1.89. The molecule has 9 nitrogen and oxygen atoms in total. The quantitative estimate of drug-likeness (QED) is 0.108. The van der Waals surface area contributed by atoms with Gasteiger partial charge in [-0.2, -0.15) is 0 Å². The number of phosphoric acid groups is 1. The highest BCUT2D eigenvalue weighted by Gasteiger charge is 2.18. The Morgan fingerprint density at radius 3 is 2.15 bits per heavy atom. The maximum atomic E-state index is 13.1. The number of carbonyl (C=O) groups is 1. The lowest BCUT2D eigenvalue weighted by molar-refractivity contribution is -0.132. The van der Waals surface area contributed by atoms with Gasteiger partial charge in [-0.05, 0) is 55.2 Å². The highest BCUT2D eigenvalue weighted by molar-refractivity contribution is 7.46. The Hall–Kier alpha value is -2.42. The third kappa shape index (κ3) is 16.0. The molecule has 0 fully saturated rings. The van der Waals surface area contributed by atoms with E-state index in [4.69, 9.17) is 19.3 Å². The van der Waals surface area contributed by atoms with Crippen molar-refractivity contribution in [3.05, 3.63) is 59.7 Å². The fourth-order valence-electron chi connectivity index (χ4n) is 4.27. The topological polar surface area (TPSA) is 141 Å². The number of benzene rings is 2. The zero-order valence-corrected chi connectivity index (χ0v) is 25.2. The minimum Gasteiger partial charge on any atom is -0.494 e. The Morgan fingerprint density at radius 2 is 1.50 bits per heavy atom. The molecule has 2 rings (SSSR count). The Labute approximate surface area is 240 Å². The van der Waals surface area contributed by atoms with Gasteiger partial charge in [-0.15, -0.1) is 0 Å². The molecule has 0 atom stereocenters. The number of rotatable bonds is 21. The molecule has 2 aromatic carbocycles. The molecular formula is C30H49N2O7P. The number of aryl methyl sites for hydroxylation is 1. The lowest BCUT2D eigenvalue weighted by Gasteiger charge is -2.23. The van der Waals surface area contributed by atoms with Gasteiger partial charge in [-0.1, -0.05) is 76.1 Å². The molecule has 0 spiro atoms. The van der Waals surface area contributed by atoms with Crippen LogP contribution in [-0.2, 0) is 26.8 Å². The predicted octanol–water partition coefficient (Wildman–Crippen LogP) is 6.84. The van der Waals surface area contributed by atoms with Gasteiger partial charge in [0.25, 0.3) is 0 Å². The van der Waals surface area contributed by atoms with Crippen LogP contribution in [0.15, 0.2) is 48.5 Å². The molecule has 0 aromatic heterocycles. The normalized spacial score (nSPS) is 11.1. The first-order chi connectivity index (χ1) is 18.8. The molecule has 0 saturated heterocycles. The molecule has 0 heterocycles. The number of carbonyl (C=O) groups excluding carboxylic acids is 1. The lowest BCUT2D eigenvalue weighted by atomic mass is 10.1. The van der Waals surface area contributed by atoms with Gasteiger partial charge in [-0.3, -0.25) is 9.32 Å². The van der Waals surface area contributed by atoms with Crippen molar-refractivity contribution in [1.82, 2.24) is 11.1 Å². The van der Waals surface area contributed by atoms with Crippen molar-refractivity contribution in [2.45, 2.75) is 84.6 Å². The van der Waals surface area contributed by atoms with E-state index in [2.05, 4.69) is 11.4 Å². The van der Waals surface area contributed by atoms with Crippen LogP contribution in [0.25, 0.3) is 0 Å². The van der Waals surface area contributed by atoms with E-state index in [1.165, 1.54) is 44.9 Å². The van der Waals surface area contributed by atoms with Gasteiger partial charge in [0.1, 0.15) is 11.5 Å². The summed E-state index contributed by atoms with van der Waals surface area (Å²) in [5.74, 6) is 1.43. The van der Waals surface area contributed by atoms with Crippen LogP contribution in [-0.4, -0.2) is 47.0 Å². The van der Waals surface area contributed by atoms with Crippen molar-refractivity contribution in [1.29, 1.82) is 0 Å². The van der Waals surface area contributed by atoms with Crippen LogP contribution in [0.3, 0.4) is 0 Å². The van der Waals surface area contributed by atoms with Gasteiger partial charge in [0.05, 0.1) is 19.8 Å². The maximum absolute atomic E-state index is 13.1. The summed E-state index contributed by atoms with van der Waals surface area (Å²) in [7, 11) is -4.61. The first kappa shape index (κ1) is 35.6. The third-order valence-corrected chi connectivity index (χ3v) is 6.89. The van der Waals surface area contributed by atoms with E-state index in [0.717, 1.165) is 29.0 Å². The molecule has 0 aliphatic rings. The van der Waals surface area contributed by atoms with Crippen molar-refractivity contribution >= 4 is 13.7 Å². The van der Waals surface area contributed by atoms with E-state index in [0.29, 0.717) is 26.2 Å². The average Bonchev–Trinajstić information content (AvgIpc) is 2.91. The minimum absolute atomic E-state index is 0. The number of hydrogen-bond acceptors (Lipinski definition) is 6. The molecule has 40 heavy (non-hydrogen) atoms. The Bertz CT molecular complexity index is 998. The first-order valence-electron chi connectivity index (χ1n) is 14.2. The fourth-order valence-corrected chi connectivity index (χ4v) is 4.59. The van der Waals surface area contributed by atoms with E-state index in [-0.39, 0.29) is 31.6 Å². The molecule has 2 aromatic rings. The highest BCUT2D eigenvalue weighted by Crippen LogP contribution is 2.35. The van der Waals surface area contributed by atoms with E-state index in [1.807, 2.05) is 55.5 Å². The summed E-state index contributed by atoms with van der Waals surface area (Å²) in [6.07, 6.45) is 10.8. The van der Waals surface area contributed by atoms with Crippen molar-refractivity contribution < 1.29 is 33.1 Å². The number of amides is 1. The van der Waals surface area contributed by atoms with Crippen LogP contribution in [0.2, 0.25) is 0 Å². The smallest absolute Gasteiger partial charge is 0.469 e. The Kier molecular flexibility index (Phi) is 18.2. The average molecular weight is 581 g/mol. The van der Waals surface area contributed by atoms with E-state index in [9.17, 15) is 9.36 Å². The summed E-state index contributed by atoms with van der Waals surface area (Å²) < 4.78 is 27.1. The molecule has 0 aliphatic carbocycles. The molecular weight excluding hydrogens is 531 g/mol. The lowest BCUT2D eigenvalue weighted by Crippen LogP contribution is -2.33. The minimum atomic E-state index is -4.61. The summed E-state index contributed by atoms with van der Waals surface area (Å²) in [4.78, 5) is 32.7. The zero-order chi connectivity index (χ0) is 28.3. The summed E-state index contributed by atoms with van der Waals surface area (Å²) in [6.45, 7) is 5.51. The Morgan fingerprint density at radius 1 is 0.825 bits per heavy atom. The van der Waals surface area contributed by atoms with Crippen molar-refractivity contribution in [2.24, 2.45) is 0 Å². The molecule has 1 amide bonds. The van der Waals surface area contributed by atoms with Gasteiger partial charge < -0.3 is 30.3 Å². The number of ether oxygens (including phenoxy) is 2. The number of phosphoric ester groups is 1. The van der Waals surface area contributed by atoms with Gasteiger partial charge in [0, 0.05) is 19.5 Å². The number of unbranched alkanes of at least 4 members (excludes halogenated alkanes) is 7. The second-order valence-electron chi connectivity index (χ2n) is 9.69. The van der Waals surface area contributed by atoms with Crippen LogP contribution >= 0.6 is 7.82 Å². The monoisotopic (exact) mass is 580 g/mol. The molecule has 0 radical (unpaired) electrons. The second kappa shape index (κ2) is 20.5. The molecule has 0 aliphatic heterocycles. The molecule has 5 N–H and O–H groups in total. The summed E-state index contributed by atoms with van der Waals surface area (Å²) in [6, 6.07) is 15.3. The van der Waals surface area contributed by atoms with Crippen molar-refractivity contribution in [3.8, 4) is 11.5 Å². The SMILES string of the molecule is CCCCCCCCCCOc1cccc(CCC(=O)N(CCOP(=O)(O)O)Cc2ccc(OCC)cc2)c1.N. The van der Waals surface area contributed by atoms with Crippen molar-refractivity contribution in [3.63, 3.8) is 0 Å². The maximum Gasteiger partial charge on any atom is 0.469 e. The second-order valence-corrected chi connectivity index (χ2v) is 10.9. The zero-order valence-electron chi connectivity index (χ0n) is 24.3. The fraction of sp³-hybridized carbons (Fsp3) is 0.567. The Balaban J connectivity index is 0.00000800. The van der Waals surface area contributed by atoms with Gasteiger partial charge in [0.2, 0.25) is 5.91 Å². The molecule has 0 unspecified atom stereocenters. The van der Waals surface area contributed by atoms with Crippen molar-refractivity contribution in [2.75, 3.05) is 26.4 Å². The largest absolute Gasteiger partial charge is 0.494 e. The first-order valence-corrected chi connectivity index (χ1v) is 15.7. The van der Waals surface area contributed by atoms with Gasteiger partial charge >= 0.3 is 7.82 Å². The number of hydrogen-bond donors (Lipinski definition) is 3. The van der Waals surface area contributed by atoms with E-state index < -0.39 is 7.82 Å². The van der Waals surface area contributed by atoms with Gasteiger partial charge in [0.15, 0.2) is 0 Å². The van der Waals surface area contributed by atoms with Crippen LogP contribution < -0.4 is 15.6 Å². The van der Waals surface area contributed by atoms with Crippen LogP contribution in [0.5, 0.6) is 11.5 Å². The van der Waals surface area contributed by atoms with E-state index in [1.54, 1.807) is 4.90 Å². The van der Waals surface area contributed by atoms with E-state index >= 15 is 0 Å². The molecule has 226 valence electrons. The van der Waals surface area contributed by atoms with Crippen LogP contribution in [0, 0.1) is 0 Å². The van der Waals surface area contributed by atoms with Crippen LogP contribution in [0.4, 0.5) is 0 Å². The molecule has 0 bridgehead atoms. The third-order valence-electron chi connectivity index (χ3n) is 6.37. The number of nitrogens with zero attached hydrogens (tertiary/aromatic N) is 1. The summed E-state index contributed by atoms with van der Waals surface area (Å²) >= 11 is 0. The van der Waals surface area contributed by atoms with Crippen LogP contribution in [0.1, 0.15) is 82.8 Å². The summed E-state index contributed by atoms with van der Waals surface area (Å²) in [5, 5.41) is 0. The highest BCUT2D eigenvalue weighted by atomic mass is 31.2. The predicted molar refractivity (Wildman–Crippen MR) is 159 cm³/mol. The standard InChI is InChI=1S/C30H46NO7P.H3N/c1-3-5-6-7-8-9-10-11-22-37-29-14-12-13-26(24-29)17-20-30(32)31(21-23-38-39(33,34)35)25-27-15-18-28(19-16-27)36-4-2;/h12-16,18-19,24H,3-11,17,20-23,25H2,1-2H3,(H2,33,34,35);1H3. The molecule has 0 saturated carbocycles. The molecule has 10 heteroatoms. The van der Waals surface area contributed by atoms with Gasteiger partial charge in [-0.25, -0.2) is 4.57 Å².